The van der Waals surface area contributed by atoms with Gasteiger partial charge in [-0.2, -0.15) is 8.78 Å². The zero-order valence-corrected chi connectivity index (χ0v) is 17.4. The Balaban J connectivity index is 1.88. The van der Waals surface area contributed by atoms with Crippen molar-refractivity contribution >= 4 is 11.5 Å². The van der Waals surface area contributed by atoms with Crippen molar-refractivity contribution in [1.29, 1.82) is 10.8 Å². The van der Waals surface area contributed by atoms with E-state index in [0.717, 1.165) is 27.9 Å². The van der Waals surface area contributed by atoms with Crippen molar-refractivity contribution in [3.8, 4) is 0 Å². The number of alkyl halides is 2. The molecule has 1 aromatic heterocycles. The molecule has 158 valence electrons. The van der Waals surface area contributed by atoms with Gasteiger partial charge in [-0.15, -0.1) is 0 Å². The van der Waals surface area contributed by atoms with Crippen LogP contribution in [0.1, 0.15) is 45.1 Å². The number of nitrogens with one attached hydrogen (secondary N) is 3. The van der Waals surface area contributed by atoms with Gasteiger partial charge in [0.15, 0.2) is 5.84 Å². The number of nitrogens with zero attached hydrogens (tertiary/aromatic N) is 1. The minimum atomic E-state index is -3.26. The molecule has 0 amide bonds. The van der Waals surface area contributed by atoms with Crippen LogP contribution in [0.4, 0.5) is 14.5 Å². The molecule has 3 N–H and O–H groups in total. The third-order valence-corrected chi connectivity index (χ3v) is 5.43. The second-order valence-electron chi connectivity index (χ2n) is 7.92. The highest BCUT2D eigenvalue weighted by atomic mass is 19.3. The Labute approximate surface area is 176 Å². The van der Waals surface area contributed by atoms with Crippen LogP contribution < -0.4 is 10.8 Å². The monoisotopic (exact) mass is 410 g/mol. The predicted molar refractivity (Wildman–Crippen MR) is 117 cm³/mol. The molecule has 1 aromatic carbocycles. The maximum absolute atomic E-state index is 14.3. The molecule has 0 saturated heterocycles. The number of hydrogen-bond acceptors (Lipinski definition) is 3. The Morgan fingerprint density at radius 2 is 1.93 bits per heavy atom. The van der Waals surface area contributed by atoms with E-state index >= 15 is 0 Å². The molecule has 0 radical (unpaired) electrons. The number of para-hydroxylation sites is 1. The molecule has 1 aliphatic rings. The molecule has 0 aliphatic heterocycles. The summed E-state index contributed by atoms with van der Waals surface area (Å²) < 4.78 is 29.6. The van der Waals surface area contributed by atoms with Gasteiger partial charge in [0.1, 0.15) is 5.49 Å². The Kier molecular flexibility index (Phi) is 6.34. The van der Waals surface area contributed by atoms with Crippen LogP contribution in [0.25, 0.3) is 0 Å². The molecule has 0 fully saturated rings. The average Bonchev–Trinajstić information content (AvgIpc) is 2.91. The number of rotatable bonds is 6. The summed E-state index contributed by atoms with van der Waals surface area (Å²) in [4.78, 5) is 0. The van der Waals surface area contributed by atoms with Gasteiger partial charge >= 0.3 is 5.92 Å². The standard InChI is InChI=1S/C24H28F2N4/c1-3-14-24(25,26)22(28)30-17-18(11-12-21(30)27)23(2)15-7-10-20(13-16-23)29-19-8-5-4-6-9-19/h4-9,11-13,15,17,27-29H,3,10,14,16H2,1-2H3. The first-order valence-electron chi connectivity index (χ1n) is 10.2. The summed E-state index contributed by atoms with van der Waals surface area (Å²) in [7, 11) is 0. The number of halogens is 2. The largest absolute Gasteiger partial charge is 0.359 e. The maximum atomic E-state index is 14.3. The molecule has 0 spiro atoms. The number of hydrogen-bond donors (Lipinski definition) is 3. The van der Waals surface area contributed by atoms with Gasteiger partial charge in [-0.25, -0.2) is 0 Å². The number of pyridine rings is 1. The highest BCUT2D eigenvalue weighted by Crippen LogP contribution is 2.33. The molecule has 1 atom stereocenters. The summed E-state index contributed by atoms with van der Waals surface area (Å²) in [6, 6.07) is 13.2. The fraction of sp³-hybridized carbons (Fsp3) is 0.333. The smallest absolute Gasteiger partial charge is 0.304 e. The topological polar surface area (TPSA) is 64.7 Å². The quantitative estimate of drug-likeness (QED) is 0.313. The average molecular weight is 411 g/mol. The molecule has 1 heterocycles. The summed E-state index contributed by atoms with van der Waals surface area (Å²) in [6.07, 6.45) is 9.08. The van der Waals surface area contributed by atoms with E-state index in [1.54, 1.807) is 13.0 Å². The van der Waals surface area contributed by atoms with Gasteiger partial charge in [-0.1, -0.05) is 56.3 Å². The SMILES string of the molecule is CCCC(F)(F)C(=N)n1cc(C2(C)C=CCC(Nc3ccccc3)=CC2)ccc1=N. The van der Waals surface area contributed by atoms with Crippen molar-refractivity contribution in [3.05, 3.63) is 83.6 Å². The van der Waals surface area contributed by atoms with Gasteiger partial charge in [0.25, 0.3) is 0 Å². The van der Waals surface area contributed by atoms with Gasteiger partial charge in [-0.3, -0.25) is 15.4 Å². The lowest BCUT2D eigenvalue weighted by Gasteiger charge is -2.27. The fourth-order valence-corrected chi connectivity index (χ4v) is 3.59. The van der Waals surface area contributed by atoms with E-state index in [9.17, 15) is 8.78 Å². The maximum Gasteiger partial charge on any atom is 0.304 e. The predicted octanol–water partition coefficient (Wildman–Crippen LogP) is 5.83. The van der Waals surface area contributed by atoms with Crippen molar-refractivity contribution in [2.45, 2.75) is 50.9 Å². The lowest BCUT2D eigenvalue weighted by molar-refractivity contribution is 0.0623. The van der Waals surface area contributed by atoms with E-state index in [4.69, 9.17) is 10.8 Å². The molecular formula is C24H28F2N4. The van der Waals surface area contributed by atoms with Gasteiger partial charge in [0.05, 0.1) is 0 Å². The van der Waals surface area contributed by atoms with E-state index in [1.807, 2.05) is 37.3 Å². The van der Waals surface area contributed by atoms with Crippen molar-refractivity contribution < 1.29 is 8.78 Å². The van der Waals surface area contributed by atoms with Gasteiger partial charge < -0.3 is 5.32 Å². The Morgan fingerprint density at radius 3 is 2.63 bits per heavy atom. The van der Waals surface area contributed by atoms with Crippen molar-refractivity contribution in [2.75, 3.05) is 5.32 Å². The van der Waals surface area contributed by atoms with Crippen LogP contribution in [0.5, 0.6) is 0 Å². The molecule has 3 rings (SSSR count). The molecule has 6 heteroatoms. The molecule has 1 unspecified atom stereocenters. The van der Waals surface area contributed by atoms with E-state index < -0.39 is 23.6 Å². The van der Waals surface area contributed by atoms with Crippen molar-refractivity contribution in [3.63, 3.8) is 0 Å². The van der Waals surface area contributed by atoms with Crippen LogP contribution >= 0.6 is 0 Å². The fourth-order valence-electron chi connectivity index (χ4n) is 3.59. The number of benzene rings is 1. The first kappa shape index (κ1) is 21.7. The summed E-state index contributed by atoms with van der Waals surface area (Å²) in [6.45, 7) is 3.71. The van der Waals surface area contributed by atoms with Crippen LogP contribution in [0.15, 0.2) is 72.6 Å². The second-order valence-corrected chi connectivity index (χ2v) is 7.92. The summed E-state index contributed by atoms with van der Waals surface area (Å²) >= 11 is 0. The van der Waals surface area contributed by atoms with Gasteiger partial charge in [0, 0.05) is 35.8 Å². The van der Waals surface area contributed by atoms with Crippen LogP contribution in [0.2, 0.25) is 0 Å². The molecule has 1 aliphatic carbocycles. The lowest BCUT2D eigenvalue weighted by atomic mass is 9.80. The van der Waals surface area contributed by atoms with Gasteiger partial charge in [-0.05, 0) is 36.6 Å². The molecule has 2 aromatic rings. The van der Waals surface area contributed by atoms with E-state index in [1.165, 1.54) is 12.3 Å². The van der Waals surface area contributed by atoms with Crippen molar-refractivity contribution in [1.82, 2.24) is 4.57 Å². The Hall–Kier alpha value is -3.02. The number of aromatic nitrogens is 1. The van der Waals surface area contributed by atoms with E-state index in [0.29, 0.717) is 6.42 Å². The first-order chi connectivity index (χ1) is 14.2. The third-order valence-electron chi connectivity index (χ3n) is 5.43. The normalized spacial score (nSPS) is 19.1. The van der Waals surface area contributed by atoms with Crippen LogP contribution in [-0.4, -0.2) is 16.3 Å². The number of anilines is 1. The molecule has 0 saturated carbocycles. The molecular weight excluding hydrogens is 382 g/mol. The van der Waals surface area contributed by atoms with Crippen LogP contribution in [-0.2, 0) is 5.41 Å². The first-order valence-corrected chi connectivity index (χ1v) is 10.2. The lowest BCUT2D eigenvalue weighted by Crippen LogP contribution is -2.40. The second kappa shape index (κ2) is 8.78. The zero-order valence-electron chi connectivity index (χ0n) is 17.4. The minimum Gasteiger partial charge on any atom is -0.359 e. The minimum absolute atomic E-state index is 0.122. The van der Waals surface area contributed by atoms with E-state index in [-0.39, 0.29) is 11.9 Å². The van der Waals surface area contributed by atoms with Crippen LogP contribution in [0, 0.1) is 10.8 Å². The molecule has 0 bridgehead atoms. The Bertz CT molecular complexity index is 1020. The number of allylic oxidation sites excluding steroid dienone is 3. The van der Waals surface area contributed by atoms with E-state index in [2.05, 4.69) is 23.5 Å². The highest BCUT2D eigenvalue weighted by Gasteiger charge is 2.36. The van der Waals surface area contributed by atoms with Crippen molar-refractivity contribution in [2.24, 2.45) is 0 Å². The molecule has 4 nitrogen and oxygen atoms in total. The van der Waals surface area contributed by atoms with Crippen LogP contribution in [0.3, 0.4) is 0 Å². The zero-order chi connectivity index (χ0) is 21.8. The summed E-state index contributed by atoms with van der Waals surface area (Å²) in [5, 5.41) is 19.5. The summed E-state index contributed by atoms with van der Waals surface area (Å²) in [5.74, 6) is -4.11. The molecule has 30 heavy (non-hydrogen) atoms. The highest BCUT2D eigenvalue weighted by molar-refractivity contribution is 5.88. The third kappa shape index (κ3) is 4.75. The Morgan fingerprint density at radius 1 is 1.20 bits per heavy atom. The van der Waals surface area contributed by atoms with Gasteiger partial charge in [0.2, 0.25) is 0 Å². The summed E-state index contributed by atoms with van der Waals surface area (Å²) in [5.41, 5.74) is 2.35.